The van der Waals surface area contributed by atoms with Crippen LogP contribution in [0.3, 0.4) is 0 Å². The molecule has 2 aliphatic rings. The standard InChI is InChI=1S/C23H25NO4/c1-16-6-5-9-20(17(16)2)27-15-22(26)24-12-10-23(11-13-24)14-19(25)18-7-3-4-8-21(18)28-23/h3-9H,10-15H2,1-2H3. The van der Waals surface area contributed by atoms with E-state index in [-0.39, 0.29) is 18.3 Å². The number of likely N-dealkylation sites (tertiary alicyclic amines) is 1. The molecule has 1 spiro atoms. The Bertz CT molecular complexity index is 913. The number of benzene rings is 2. The van der Waals surface area contributed by atoms with Gasteiger partial charge in [0.1, 0.15) is 17.1 Å². The van der Waals surface area contributed by atoms with Gasteiger partial charge < -0.3 is 14.4 Å². The van der Waals surface area contributed by atoms with Gasteiger partial charge in [0.25, 0.3) is 5.91 Å². The van der Waals surface area contributed by atoms with E-state index in [9.17, 15) is 9.59 Å². The quantitative estimate of drug-likeness (QED) is 0.816. The van der Waals surface area contributed by atoms with Crippen LogP contribution in [0, 0.1) is 13.8 Å². The van der Waals surface area contributed by atoms with Gasteiger partial charge in [0, 0.05) is 25.9 Å². The van der Waals surface area contributed by atoms with Crippen LogP contribution in [0.25, 0.3) is 0 Å². The Kier molecular flexibility index (Phi) is 4.84. The number of carbonyl (C=O) groups excluding carboxylic acids is 2. The predicted octanol–water partition coefficient (Wildman–Crippen LogP) is 3.71. The summed E-state index contributed by atoms with van der Waals surface area (Å²) in [6.07, 6.45) is 1.69. The number of para-hydroxylation sites is 1. The number of amides is 1. The molecule has 0 bridgehead atoms. The van der Waals surface area contributed by atoms with Gasteiger partial charge in [0.2, 0.25) is 0 Å². The lowest BCUT2D eigenvalue weighted by Gasteiger charge is -2.43. The first-order valence-corrected chi connectivity index (χ1v) is 9.75. The number of aryl methyl sites for hydroxylation is 1. The number of hydrogen-bond donors (Lipinski definition) is 0. The highest BCUT2D eigenvalue weighted by Gasteiger charge is 2.43. The van der Waals surface area contributed by atoms with E-state index in [1.807, 2.05) is 61.2 Å². The normalized spacial score (nSPS) is 17.8. The zero-order valence-electron chi connectivity index (χ0n) is 16.4. The van der Waals surface area contributed by atoms with Gasteiger partial charge in [0.05, 0.1) is 12.0 Å². The van der Waals surface area contributed by atoms with Gasteiger partial charge in [-0.25, -0.2) is 0 Å². The molecule has 2 aromatic carbocycles. The Labute approximate surface area is 165 Å². The van der Waals surface area contributed by atoms with Crippen LogP contribution < -0.4 is 9.47 Å². The molecule has 0 radical (unpaired) electrons. The van der Waals surface area contributed by atoms with Crippen LogP contribution in [0.15, 0.2) is 42.5 Å². The molecule has 4 rings (SSSR count). The second-order valence-corrected chi connectivity index (χ2v) is 7.75. The van der Waals surface area contributed by atoms with E-state index in [4.69, 9.17) is 9.47 Å². The summed E-state index contributed by atoms with van der Waals surface area (Å²) in [7, 11) is 0. The summed E-state index contributed by atoms with van der Waals surface area (Å²) in [6, 6.07) is 13.3. The monoisotopic (exact) mass is 379 g/mol. The first kappa shape index (κ1) is 18.5. The number of ketones is 1. The fraction of sp³-hybridized carbons (Fsp3) is 0.391. The first-order valence-electron chi connectivity index (χ1n) is 9.75. The first-order chi connectivity index (χ1) is 13.5. The van der Waals surface area contributed by atoms with Crippen molar-refractivity contribution in [2.75, 3.05) is 19.7 Å². The van der Waals surface area contributed by atoms with E-state index in [1.165, 1.54) is 0 Å². The van der Waals surface area contributed by atoms with Crippen LogP contribution in [-0.4, -0.2) is 41.9 Å². The molecule has 2 aliphatic heterocycles. The molecule has 5 heteroatoms. The van der Waals surface area contributed by atoms with Crippen molar-refractivity contribution in [1.82, 2.24) is 4.90 Å². The second-order valence-electron chi connectivity index (χ2n) is 7.75. The van der Waals surface area contributed by atoms with Crippen LogP contribution in [0.5, 0.6) is 11.5 Å². The van der Waals surface area contributed by atoms with Gasteiger partial charge in [-0.2, -0.15) is 0 Å². The molecular weight excluding hydrogens is 354 g/mol. The van der Waals surface area contributed by atoms with Crippen molar-refractivity contribution in [2.45, 2.75) is 38.7 Å². The minimum absolute atomic E-state index is 0.0277. The third kappa shape index (κ3) is 3.49. The predicted molar refractivity (Wildman–Crippen MR) is 106 cm³/mol. The van der Waals surface area contributed by atoms with E-state index in [0.29, 0.717) is 43.7 Å². The maximum atomic E-state index is 12.6. The largest absolute Gasteiger partial charge is 0.486 e. The second kappa shape index (κ2) is 7.30. The molecule has 28 heavy (non-hydrogen) atoms. The molecule has 0 aliphatic carbocycles. The van der Waals surface area contributed by atoms with Crippen LogP contribution in [0.4, 0.5) is 0 Å². The fourth-order valence-corrected chi connectivity index (χ4v) is 4.00. The maximum Gasteiger partial charge on any atom is 0.260 e. The lowest BCUT2D eigenvalue weighted by Crippen LogP contribution is -2.53. The number of carbonyl (C=O) groups is 2. The molecule has 0 saturated carbocycles. The maximum absolute atomic E-state index is 12.6. The Morgan fingerprint density at radius 3 is 2.64 bits per heavy atom. The average molecular weight is 379 g/mol. The van der Waals surface area contributed by atoms with Gasteiger partial charge in [-0.15, -0.1) is 0 Å². The van der Waals surface area contributed by atoms with Crippen molar-refractivity contribution >= 4 is 11.7 Å². The number of hydrogen-bond acceptors (Lipinski definition) is 4. The minimum Gasteiger partial charge on any atom is -0.486 e. The van der Waals surface area contributed by atoms with Crippen LogP contribution in [-0.2, 0) is 4.79 Å². The molecule has 1 amide bonds. The fourth-order valence-electron chi connectivity index (χ4n) is 4.00. The molecule has 0 aromatic heterocycles. The Morgan fingerprint density at radius 2 is 1.86 bits per heavy atom. The molecule has 0 unspecified atom stereocenters. The zero-order chi connectivity index (χ0) is 19.7. The topological polar surface area (TPSA) is 55.8 Å². The van der Waals surface area contributed by atoms with E-state index < -0.39 is 5.60 Å². The molecule has 0 N–H and O–H groups in total. The van der Waals surface area contributed by atoms with E-state index >= 15 is 0 Å². The molecular formula is C23H25NO4. The molecule has 2 heterocycles. The summed E-state index contributed by atoms with van der Waals surface area (Å²) in [5.41, 5.74) is 2.37. The number of fused-ring (bicyclic) bond motifs is 1. The summed E-state index contributed by atoms with van der Waals surface area (Å²) in [5.74, 6) is 1.51. The van der Waals surface area contributed by atoms with Crippen molar-refractivity contribution in [1.29, 1.82) is 0 Å². The number of ether oxygens (including phenoxy) is 2. The Morgan fingerprint density at radius 1 is 1.11 bits per heavy atom. The molecule has 146 valence electrons. The lowest BCUT2D eigenvalue weighted by molar-refractivity contribution is -0.136. The minimum atomic E-state index is -0.490. The van der Waals surface area contributed by atoms with Crippen molar-refractivity contribution in [2.24, 2.45) is 0 Å². The molecule has 5 nitrogen and oxygen atoms in total. The SMILES string of the molecule is Cc1cccc(OCC(=O)N2CCC3(CC2)CC(=O)c2ccccc2O3)c1C. The summed E-state index contributed by atoms with van der Waals surface area (Å²) in [6.45, 7) is 5.20. The van der Waals surface area contributed by atoms with Gasteiger partial charge >= 0.3 is 0 Å². The van der Waals surface area contributed by atoms with Crippen LogP contribution in [0.2, 0.25) is 0 Å². The highest BCUT2D eigenvalue weighted by molar-refractivity contribution is 6.00. The zero-order valence-corrected chi connectivity index (χ0v) is 16.4. The average Bonchev–Trinajstić information content (AvgIpc) is 2.69. The summed E-state index contributed by atoms with van der Waals surface area (Å²) >= 11 is 0. The van der Waals surface area contributed by atoms with Gasteiger partial charge in [-0.1, -0.05) is 24.3 Å². The number of nitrogens with zero attached hydrogens (tertiary/aromatic N) is 1. The number of rotatable bonds is 3. The van der Waals surface area contributed by atoms with E-state index in [2.05, 4.69) is 0 Å². The third-order valence-corrected chi connectivity index (χ3v) is 5.93. The van der Waals surface area contributed by atoms with E-state index in [1.54, 1.807) is 0 Å². The number of piperidine rings is 1. The smallest absolute Gasteiger partial charge is 0.260 e. The summed E-state index contributed by atoms with van der Waals surface area (Å²) in [5, 5.41) is 0. The highest BCUT2D eigenvalue weighted by Crippen LogP contribution is 2.39. The highest BCUT2D eigenvalue weighted by atomic mass is 16.5. The molecule has 1 fully saturated rings. The van der Waals surface area contributed by atoms with Crippen molar-refractivity contribution < 1.29 is 19.1 Å². The third-order valence-electron chi connectivity index (χ3n) is 5.93. The molecule has 1 saturated heterocycles. The van der Waals surface area contributed by atoms with Gasteiger partial charge in [-0.3, -0.25) is 9.59 Å². The van der Waals surface area contributed by atoms with Crippen LogP contribution in [0.1, 0.15) is 40.7 Å². The molecule has 0 atom stereocenters. The van der Waals surface area contributed by atoms with Crippen LogP contribution >= 0.6 is 0 Å². The van der Waals surface area contributed by atoms with Crippen molar-refractivity contribution in [3.63, 3.8) is 0 Å². The Balaban J connectivity index is 1.36. The van der Waals surface area contributed by atoms with Gasteiger partial charge in [0.15, 0.2) is 12.4 Å². The van der Waals surface area contributed by atoms with E-state index in [0.717, 1.165) is 16.9 Å². The van der Waals surface area contributed by atoms with Gasteiger partial charge in [-0.05, 0) is 43.2 Å². The summed E-state index contributed by atoms with van der Waals surface area (Å²) < 4.78 is 12.0. The van der Waals surface area contributed by atoms with Crippen molar-refractivity contribution in [3.8, 4) is 11.5 Å². The Hall–Kier alpha value is -2.82. The number of Topliss-reactive ketones (excluding diaryl/α,β-unsaturated/α-hetero) is 1. The lowest BCUT2D eigenvalue weighted by atomic mass is 9.82. The summed E-state index contributed by atoms with van der Waals surface area (Å²) in [4.78, 5) is 26.9. The molecule has 2 aromatic rings. The van der Waals surface area contributed by atoms with Crippen molar-refractivity contribution in [3.05, 3.63) is 59.2 Å².